The van der Waals surface area contributed by atoms with Gasteiger partial charge in [0.2, 0.25) is 0 Å². The van der Waals surface area contributed by atoms with Crippen molar-refractivity contribution in [2.75, 3.05) is 7.11 Å². The summed E-state index contributed by atoms with van der Waals surface area (Å²) >= 11 is 7.49. The molecule has 0 saturated carbocycles. The Hall–Kier alpha value is -3.23. The predicted octanol–water partition coefficient (Wildman–Crippen LogP) is 5.13. The molecule has 0 amide bonds. The van der Waals surface area contributed by atoms with Gasteiger partial charge in [-0.3, -0.25) is 9.55 Å². The van der Waals surface area contributed by atoms with E-state index in [1.165, 1.54) is 16.8 Å². The number of benzene rings is 1. The molecular formula is C25H25N5OS2. The molecule has 1 fully saturated rings. The van der Waals surface area contributed by atoms with Crippen LogP contribution in [-0.2, 0) is 6.54 Å². The van der Waals surface area contributed by atoms with Crippen LogP contribution in [0, 0.1) is 13.8 Å². The van der Waals surface area contributed by atoms with Crippen LogP contribution < -0.4 is 10.1 Å². The van der Waals surface area contributed by atoms with Gasteiger partial charge in [-0.1, -0.05) is 18.2 Å². The zero-order valence-corrected chi connectivity index (χ0v) is 20.4. The van der Waals surface area contributed by atoms with E-state index in [-0.39, 0.29) is 12.1 Å². The summed E-state index contributed by atoms with van der Waals surface area (Å²) in [7, 11) is 1.68. The number of aromatic nitrogens is 3. The molecule has 33 heavy (non-hydrogen) atoms. The topological polar surface area (TPSA) is 55.2 Å². The molecule has 8 heteroatoms. The Balaban J connectivity index is 1.58. The van der Waals surface area contributed by atoms with Crippen LogP contribution in [0.1, 0.15) is 40.3 Å². The first kappa shape index (κ1) is 21.6. The lowest BCUT2D eigenvalue weighted by molar-refractivity contribution is 0.310. The van der Waals surface area contributed by atoms with Gasteiger partial charge in [-0.25, -0.2) is 4.98 Å². The number of rotatable bonds is 6. The van der Waals surface area contributed by atoms with Gasteiger partial charge in [-0.05, 0) is 67.5 Å². The average molecular weight is 476 g/mol. The van der Waals surface area contributed by atoms with Crippen LogP contribution in [0.25, 0.3) is 5.13 Å². The van der Waals surface area contributed by atoms with Gasteiger partial charge < -0.3 is 15.0 Å². The molecule has 0 radical (unpaired) electrons. The van der Waals surface area contributed by atoms with Gasteiger partial charge in [0.25, 0.3) is 0 Å². The van der Waals surface area contributed by atoms with Crippen molar-refractivity contribution in [1.29, 1.82) is 0 Å². The fourth-order valence-electron chi connectivity index (χ4n) is 4.55. The largest absolute Gasteiger partial charge is 0.497 e. The SMILES string of the molecule is COc1ccc(CN2C(=S)NC(c3ccccn3)C2c2cc(C)n(-c3nccs3)c2C)cc1. The van der Waals surface area contributed by atoms with Gasteiger partial charge in [-0.2, -0.15) is 0 Å². The van der Waals surface area contributed by atoms with E-state index in [2.05, 4.69) is 62.9 Å². The van der Waals surface area contributed by atoms with Crippen molar-refractivity contribution in [3.8, 4) is 10.9 Å². The van der Waals surface area contributed by atoms with E-state index >= 15 is 0 Å². The first-order chi connectivity index (χ1) is 16.1. The maximum absolute atomic E-state index is 5.85. The minimum absolute atomic E-state index is 0.00517. The number of pyridine rings is 1. The third-order valence-electron chi connectivity index (χ3n) is 6.11. The van der Waals surface area contributed by atoms with Gasteiger partial charge in [0, 0.05) is 35.7 Å². The van der Waals surface area contributed by atoms with Crippen LogP contribution in [0.2, 0.25) is 0 Å². The fourth-order valence-corrected chi connectivity index (χ4v) is 5.61. The van der Waals surface area contributed by atoms with E-state index in [1.807, 2.05) is 42.0 Å². The molecule has 6 nitrogen and oxygen atoms in total. The second-order valence-electron chi connectivity index (χ2n) is 8.08. The number of nitrogens with one attached hydrogen (secondary N) is 1. The molecule has 168 valence electrons. The molecule has 4 heterocycles. The molecule has 1 aliphatic heterocycles. The van der Waals surface area contributed by atoms with Crippen LogP contribution in [-0.4, -0.2) is 31.7 Å². The zero-order chi connectivity index (χ0) is 22.9. The lowest BCUT2D eigenvalue weighted by atomic mass is 9.96. The van der Waals surface area contributed by atoms with Gasteiger partial charge in [0.15, 0.2) is 10.2 Å². The Bertz CT molecular complexity index is 1250. The molecule has 0 bridgehead atoms. The van der Waals surface area contributed by atoms with E-state index in [4.69, 9.17) is 17.0 Å². The van der Waals surface area contributed by atoms with Gasteiger partial charge in [0.1, 0.15) is 5.75 Å². The minimum Gasteiger partial charge on any atom is -0.497 e. The maximum atomic E-state index is 5.85. The summed E-state index contributed by atoms with van der Waals surface area (Å²) in [5, 5.41) is 7.26. The van der Waals surface area contributed by atoms with Crippen molar-refractivity contribution in [2.45, 2.75) is 32.5 Å². The zero-order valence-electron chi connectivity index (χ0n) is 18.7. The Labute approximate surface area is 202 Å². The molecule has 0 spiro atoms. The lowest BCUT2D eigenvalue weighted by Gasteiger charge is -2.28. The first-order valence-electron chi connectivity index (χ1n) is 10.8. The van der Waals surface area contributed by atoms with E-state index in [0.29, 0.717) is 6.54 Å². The lowest BCUT2D eigenvalue weighted by Crippen LogP contribution is -2.29. The first-order valence-corrected chi connectivity index (χ1v) is 12.1. The molecule has 5 rings (SSSR count). The molecular weight excluding hydrogens is 450 g/mol. The quantitative estimate of drug-likeness (QED) is 0.390. The van der Waals surface area contributed by atoms with Crippen LogP contribution in [0.3, 0.4) is 0 Å². The monoisotopic (exact) mass is 475 g/mol. The van der Waals surface area contributed by atoms with Crippen LogP contribution in [0.4, 0.5) is 0 Å². The summed E-state index contributed by atoms with van der Waals surface area (Å²) in [6.45, 7) is 4.97. The standard InChI is InChI=1S/C25H25N5OS2/c1-16-14-20(17(2)30(16)25-27-12-13-33-25)23-22(21-6-4-5-11-26-21)28-24(32)29(23)15-18-7-9-19(31-3)10-8-18/h4-14,22-23H,15H2,1-3H3,(H,28,32). The highest BCUT2D eigenvalue weighted by molar-refractivity contribution is 7.80. The molecule has 2 atom stereocenters. The third-order valence-corrected chi connectivity index (χ3v) is 7.22. The van der Waals surface area contributed by atoms with Crippen molar-refractivity contribution in [3.05, 3.63) is 94.5 Å². The Kier molecular flexibility index (Phi) is 5.86. The summed E-state index contributed by atoms with van der Waals surface area (Å²) < 4.78 is 7.55. The highest BCUT2D eigenvalue weighted by atomic mass is 32.1. The van der Waals surface area contributed by atoms with Gasteiger partial charge >= 0.3 is 0 Å². The number of thiocarbonyl (C=S) groups is 1. The summed E-state index contributed by atoms with van der Waals surface area (Å²) in [6, 6.07) is 16.4. The minimum atomic E-state index is -0.0535. The summed E-state index contributed by atoms with van der Waals surface area (Å²) in [5.74, 6) is 0.843. The number of hydrogen-bond donors (Lipinski definition) is 1. The summed E-state index contributed by atoms with van der Waals surface area (Å²) in [4.78, 5) is 11.5. The van der Waals surface area contributed by atoms with Gasteiger partial charge in [0.05, 0.1) is 24.9 Å². The number of methoxy groups -OCH3 is 1. The molecule has 4 aromatic rings. The number of aryl methyl sites for hydroxylation is 1. The van der Waals surface area contributed by atoms with E-state index in [0.717, 1.165) is 27.4 Å². The van der Waals surface area contributed by atoms with Crippen molar-refractivity contribution in [2.24, 2.45) is 0 Å². The van der Waals surface area contributed by atoms with Gasteiger partial charge in [-0.15, -0.1) is 11.3 Å². The Morgan fingerprint density at radius 2 is 1.91 bits per heavy atom. The molecule has 0 aliphatic carbocycles. The molecule has 1 aliphatic rings. The predicted molar refractivity (Wildman–Crippen MR) is 135 cm³/mol. The molecule has 1 N–H and O–H groups in total. The second-order valence-corrected chi connectivity index (χ2v) is 9.34. The van der Waals surface area contributed by atoms with Crippen molar-refractivity contribution in [3.63, 3.8) is 0 Å². The molecule has 1 saturated heterocycles. The summed E-state index contributed by atoms with van der Waals surface area (Å²) in [6.07, 6.45) is 3.68. The van der Waals surface area contributed by atoms with Crippen molar-refractivity contribution in [1.82, 2.24) is 24.8 Å². The second kappa shape index (κ2) is 8.96. The van der Waals surface area contributed by atoms with E-state index in [1.54, 1.807) is 18.4 Å². The van der Waals surface area contributed by atoms with Crippen molar-refractivity contribution < 1.29 is 4.74 Å². The highest BCUT2D eigenvalue weighted by Crippen LogP contribution is 2.42. The smallest absolute Gasteiger partial charge is 0.193 e. The molecule has 3 aromatic heterocycles. The summed E-state index contributed by atoms with van der Waals surface area (Å²) in [5.41, 5.74) is 5.68. The Morgan fingerprint density at radius 3 is 2.58 bits per heavy atom. The Morgan fingerprint density at radius 1 is 1.09 bits per heavy atom. The normalized spacial score (nSPS) is 17.9. The highest BCUT2D eigenvalue weighted by Gasteiger charge is 2.41. The van der Waals surface area contributed by atoms with Crippen LogP contribution >= 0.6 is 23.6 Å². The number of nitrogens with zero attached hydrogens (tertiary/aromatic N) is 4. The number of thiazole rings is 1. The fraction of sp³-hybridized carbons (Fsp3) is 0.240. The van der Waals surface area contributed by atoms with Crippen molar-refractivity contribution >= 4 is 28.7 Å². The maximum Gasteiger partial charge on any atom is 0.193 e. The van der Waals surface area contributed by atoms with E-state index in [9.17, 15) is 0 Å². The average Bonchev–Trinajstić information content (AvgIpc) is 3.54. The molecule has 2 unspecified atom stereocenters. The van der Waals surface area contributed by atoms with Crippen LogP contribution in [0.15, 0.2) is 66.3 Å². The number of hydrogen-bond acceptors (Lipinski definition) is 5. The molecule has 1 aromatic carbocycles. The number of ether oxygens (including phenoxy) is 1. The van der Waals surface area contributed by atoms with Crippen LogP contribution in [0.5, 0.6) is 5.75 Å². The third kappa shape index (κ3) is 4.00. The van der Waals surface area contributed by atoms with E-state index < -0.39 is 0 Å².